The highest BCUT2D eigenvalue weighted by molar-refractivity contribution is 9.10. The minimum Gasteiger partial charge on any atom is -0.411 e. The van der Waals surface area contributed by atoms with Crippen LogP contribution >= 0.6 is 39.0 Å². The van der Waals surface area contributed by atoms with Gasteiger partial charge in [-0.3, -0.25) is 0 Å². The Kier molecular flexibility index (Phi) is 5.47. The van der Waals surface area contributed by atoms with E-state index < -0.39 is 0 Å². The van der Waals surface area contributed by atoms with Crippen molar-refractivity contribution in [1.82, 2.24) is 20.3 Å². The molecule has 0 unspecified atom stereocenters. The van der Waals surface area contributed by atoms with Crippen molar-refractivity contribution in [2.75, 3.05) is 5.75 Å². The van der Waals surface area contributed by atoms with Crippen molar-refractivity contribution in [3.63, 3.8) is 0 Å². The summed E-state index contributed by atoms with van der Waals surface area (Å²) in [4.78, 5) is 5.43. The van der Waals surface area contributed by atoms with Crippen LogP contribution in [0.25, 0.3) is 22.2 Å². The van der Waals surface area contributed by atoms with Gasteiger partial charge in [0.15, 0.2) is 0 Å². The highest BCUT2D eigenvalue weighted by Gasteiger charge is 2.11. The van der Waals surface area contributed by atoms with E-state index in [1.165, 1.54) is 11.8 Å². The first kappa shape index (κ1) is 17.4. The number of thioether (sulfide) groups is 1. The minimum atomic E-state index is 0.520. The first-order valence-corrected chi connectivity index (χ1v) is 10.5. The molecule has 3 heterocycles. The fourth-order valence-electron chi connectivity index (χ4n) is 2.25. The first-order chi connectivity index (χ1) is 12.8. The van der Waals surface area contributed by atoms with Crippen LogP contribution < -0.4 is 0 Å². The summed E-state index contributed by atoms with van der Waals surface area (Å²) in [6, 6.07) is 11.7. The van der Waals surface area contributed by atoms with Crippen LogP contribution in [0.3, 0.4) is 0 Å². The van der Waals surface area contributed by atoms with E-state index in [4.69, 9.17) is 8.94 Å². The van der Waals surface area contributed by atoms with Gasteiger partial charge >= 0.3 is 0 Å². The van der Waals surface area contributed by atoms with E-state index in [1.54, 1.807) is 11.3 Å². The minimum absolute atomic E-state index is 0.520. The average Bonchev–Trinajstić information content (AvgIpc) is 3.39. The Labute approximate surface area is 166 Å². The second-order valence-corrected chi connectivity index (χ2v) is 8.23. The summed E-state index contributed by atoms with van der Waals surface area (Å²) < 4.78 is 12.0. The van der Waals surface area contributed by atoms with Crippen molar-refractivity contribution in [2.24, 2.45) is 0 Å². The van der Waals surface area contributed by atoms with E-state index >= 15 is 0 Å². The van der Waals surface area contributed by atoms with Gasteiger partial charge in [-0.2, -0.15) is 4.98 Å². The molecule has 0 spiro atoms. The van der Waals surface area contributed by atoms with Gasteiger partial charge in [0.1, 0.15) is 0 Å². The Morgan fingerprint density at radius 2 is 2.12 bits per heavy atom. The summed E-state index contributed by atoms with van der Waals surface area (Å²) in [5.41, 5.74) is 0.894. The number of hydrogen-bond acceptors (Lipinski definition) is 8. The largest absolute Gasteiger partial charge is 0.411 e. The molecule has 0 fully saturated rings. The van der Waals surface area contributed by atoms with Gasteiger partial charge < -0.3 is 8.94 Å². The lowest BCUT2D eigenvalue weighted by atomic mass is 10.2. The van der Waals surface area contributed by atoms with Gasteiger partial charge in [0.25, 0.3) is 5.22 Å². The Morgan fingerprint density at radius 1 is 1.15 bits per heavy atom. The molecular formula is C17H13BrN4O2S2. The molecule has 0 saturated carbocycles. The number of aromatic nitrogens is 4. The Hall–Kier alpha value is -1.97. The quantitative estimate of drug-likeness (QED) is 0.279. The maximum absolute atomic E-state index is 5.70. The van der Waals surface area contributed by atoms with Crippen LogP contribution in [-0.4, -0.2) is 26.1 Å². The Balaban J connectivity index is 1.28. The van der Waals surface area contributed by atoms with Crippen LogP contribution in [-0.2, 0) is 6.42 Å². The van der Waals surface area contributed by atoms with Gasteiger partial charge in [0.2, 0.25) is 17.6 Å². The number of benzene rings is 1. The van der Waals surface area contributed by atoms with Crippen LogP contribution in [0.4, 0.5) is 0 Å². The van der Waals surface area contributed by atoms with E-state index in [0.29, 0.717) is 22.8 Å². The van der Waals surface area contributed by atoms with Crippen molar-refractivity contribution >= 4 is 39.0 Å². The van der Waals surface area contributed by atoms with E-state index in [9.17, 15) is 0 Å². The lowest BCUT2D eigenvalue weighted by Gasteiger charge is -1.96. The third kappa shape index (κ3) is 4.22. The molecule has 4 rings (SSSR count). The summed E-state index contributed by atoms with van der Waals surface area (Å²) >= 11 is 6.56. The molecule has 26 heavy (non-hydrogen) atoms. The molecule has 0 radical (unpaired) electrons. The van der Waals surface area contributed by atoms with Gasteiger partial charge in [-0.15, -0.1) is 21.5 Å². The summed E-state index contributed by atoms with van der Waals surface area (Å²) in [7, 11) is 0. The van der Waals surface area contributed by atoms with Gasteiger partial charge in [0.05, 0.1) is 4.88 Å². The summed E-state index contributed by atoms with van der Waals surface area (Å²) in [5, 5.41) is 14.8. The molecule has 3 aromatic heterocycles. The molecule has 6 nitrogen and oxygen atoms in total. The van der Waals surface area contributed by atoms with Gasteiger partial charge in [-0.1, -0.05) is 45.0 Å². The monoisotopic (exact) mass is 448 g/mol. The molecule has 0 atom stereocenters. The van der Waals surface area contributed by atoms with Crippen molar-refractivity contribution in [3.8, 4) is 22.2 Å². The lowest BCUT2D eigenvalue weighted by Crippen LogP contribution is -1.88. The third-order valence-electron chi connectivity index (χ3n) is 3.45. The molecule has 132 valence electrons. The second kappa shape index (κ2) is 8.15. The zero-order valence-electron chi connectivity index (χ0n) is 13.5. The number of rotatable bonds is 7. The van der Waals surface area contributed by atoms with Crippen LogP contribution in [0.5, 0.6) is 0 Å². The highest BCUT2D eigenvalue weighted by Crippen LogP contribution is 2.26. The number of halogens is 1. The second-order valence-electron chi connectivity index (χ2n) is 5.32. The molecule has 0 aliphatic heterocycles. The maximum atomic E-state index is 5.70. The number of aryl methyl sites for hydroxylation is 1. The van der Waals surface area contributed by atoms with Crippen molar-refractivity contribution in [3.05, 3.63) is 52.1 Å². The molecule has 0 saturated heterocycles. The van der Waals surface area contributed by atoms with Gasteiger partial charge in [-0.05, 0) is 36.1 Å². The fourth-order valence-corrected chi connectivity index (χ4v) is 4.00. The van der Waals surface area contributed by atoms with Crippen molar-refractivity contribution < 1.29 is 8.94 Å². The number of hydrogen-bond donors (Lipinski definition) is 0. The van der Waals surface area contributed by atoms with E-state index in [-0.39, 0.29) is 0 Å². The zero-order valence-corrected chi connectivity index (χ0v) is 16.7. The van der Waals surface area contributed by atoms with E-state index in [2.05, 4.69) is 36.3 Å². The topological polar surface area (TPSA) is 77.8 Å². The van der Waals surface area contributed by atoms with Crippen LogP contribution in [0.1, 0.15) is 12.3 Å². The molecule has 0 aliphatic rings. The summed E-state index contributed by atoms with van der Waals surface area (Å²) in [5.74, 6) is 2.65. The zero-order chi connectivity index (χ0) is 17.8. The number of thiophene rings is 1. The smallest absolute Gasteiger partial charge is 0.276 e. The molecule has 0 amide bonds. The third-order valence-corrected chi connectivity index (χ3v) is 5.71. The predicted octanol–water partition coefficient (Wildman–Crippen LogP) is 5.34. The first-order valence-electron chi connectivity index (χ1n) is 7.86. The summed E-state index contributed by atoms with van der Waals surface area (Å²) in [6.45, 7) is 0. The van der Waals surface area contributed by atoms with Crippen molar-refractivity contribution in [2.45, 2.75) is 18.1 Å². The summed E-state index contributed by atoms with van der Waals surface area (Å²) in [6.07, 6.45) is 1.60. The van der Waals surface area contributed by atoms with E-state index in [0.717, 1.165) is 33.5 Å². The fraction of sp³-hybridized carbons (Fsp3) is 0.176. The van der Waals surface area contributed by atoms with Crippen molar-refractivity contribution in [1.29, 1.82) is 0 Å². The average molecular weight is 449 g/mol. The lowest BCUT2D eigenvalue weighted by molar-refractivity contribution is 0.378. The molecule has 1 aromatic carbocycles. The maximum Gasteiger partial charge on any atom is 0.276 e. The normalized spacial score (nSPS) is 11.1. The standard InChI is InChI=1S/C17H13BrN4O2S2/c18-12-5-1-4-11(10-12)16-20-21-17(23-16)26-9-3-7-14-19-15(22-24-14)13-6-2-8-25-13/h1-2,4-6,8,10H,3,7,9H2. The highest BCUT2D eigenvalue weighted by atomic mass is 79.9. The molecule has 0 bridgehead atoms. The molecule has 4 aromatic rings. The molecule has 0 aliphatic carbocycles. The predicted molar refractivity (Wildman–Crippen MR) is 104 cm³/mol. The van der Waals surface area contributed by atoms with Gasteiger partial charge in [0, 0.05) is 22.2 Å². The Bertz CT molecular complexity index is 984. The Morgan fingerprint density at radius 3 is 2.96 bits per heavy atom. The van der Waals surface area contributed by atoms with Gasteiger partial charge in [-0.25, -0.2) is 0 Å². The molecule has 9 heteroatoms. The SMILES string of the molecule is Brc1cccc(-c2nnc(SCCCc3nc(-c4cccs4)no3)o2)c1. The van der Waals surface area contributed by atoms with E-state index in [1.807, 2.05) is 41.8 Å². The number of nitrogens with zero attached hydrogens (tertiary/aromatic N) is 4. The van der Waals surface area contributed by atoms with Crippen LogP contribution in [0, 0.1) is 0 Å². The van der Waals surface area contributed by atoms with Crippen LogP contribution in [0.15, 0.2) is 60.4 Å². The molecule has 0 N–H and O–H groups in total. The molecular weight excluding hydrogens is 436 g/mol. The van der Waals surface area contributed by atoms with Crippen LogP contribution in [0.2, 0.25) is 0 Å².